The van der Waals surface area contributed by atoms with E-state index in [1.807, 2.05) is 0 Å². The van der Waals surface area contributed by atoms with E-state index in [0.717, 1.165) is 5.56 Å². The maximum Gasteiger partial charge on any atom is 0.335 e. The summed E-state index contributed by atoms with van der Waals surface area (Å²) in [5, 5.41) is 13.3. The van der Waals surface area contributed by atoms with E-state index in [0.29, 0.717) is 22.2 Å². The Labute approximate surface area is 138 Å². The predicted octanol–water partition coefficient (Wildman–Crippen LogP) is 3.50. The molecular weight excluding hydrogens is 320 g/mol. The fraction of sp³-hybridized carbons (Fsp3) is 0.125. The van der Waals surface area contributed by atoms with Gasteiger partial charge in [0.15, 0.2) is 11.5 Å². The van der Waals surface area contributed by atoms with E-state index in [-0.39, 0.29) is 5.56 Å². The lowest BCUT2D eigenvalue weighted by atomic mass is 10.2. The maximum atomic E-state index is 10.8. The monoisotopic (exact) mass is 334 g/mol. The van der Waals surface area contributed by atoms with Gasteiger partial charge in [-0.05, 0) is 42.0 Å². The van der Waals surface area contributed by atoms with Gasteiger partial charge in [0.25, 0.3) is 0 Å². The molecule has 0 bridgehead atoms. The smallest absolute Gasteiger partial charge is 0.335 e. The van der Waals surface area contributed by atoms with Crippen molar-refractivity contribution in [1.29, 1.82) is 0 Å². The fourth-order valence-electron chi connectivity index (χ4n) is 1.88. The predicted molar refractivity (Wildman–Crippen MR) is 89.2 cm³/mol. The summed E-state index contributed by atoms with van der Waals surface area (Å²) in [6, 6.07) is 9.68. The molecule has 0 radical (unpaired) electrons. The van der Waals surface area contributed by atoms with Gasteiger partial charge in [-0.1, -0.05) is 11.6 Å². The third kappa shape index (κ3) is 4.14. The van der Waals surface area contributed by atoms with E-state index in [4.69, 9.17) is 26.2 Å². The van der Waals surface area contributed by atoms with Gasteiger partial charge in [-0.15, -0.1) is 0 Å². The molecular formula is C16H15ClN2O4. The van der Waals surface area contributed by atoms with Crippen molar-refractivity contribution in [3.05, 3.63) is 52.5 Å². The topological polar surface area (TPSA) is 80.2 Å². The Kier molecular flexibility index (Phi) is 5.43. The number of halogens is 1. The number of methoxy groups -OCH3 is 2. The van der Waals surface area contributed by atoms with Crippen LogP contribution in [0.15, 0.2) is 41.5 Å². The molecule has 0 aliphatic carbocycles. The number of hydrogen-bond acceptors (Lipinski definition) is 5. The third-order valence-electron chi connectivity index (χ3n) is 3.00. The van der Waals surface area contributed by atoms with Crippen LogP contribution in [0.25, 0.3) is 0 Å². The van der Waals surface area contributed by atoms with Gasteiger partial charge < -0.3 is 14.6 Å². The van der Waals surface area contributed by atoms with Crippen LogP contribution < -0.4 is 14.9 Å². The van der Waals surface area contributed by atoms with Crippen LogP contribution in [0.5, 0.6) is 11.5 Å². The number of nitrogens with one attached hydrogen (secondary N) is 1. The second-order valence-electron chi connectivity index (χ2n) is 4.49. The zero-order valence-electron chi connectivity index (χ0n) is 12.5. The highest BCUT2D eigenvalue weighted by molar-refractivity contribution is 6.32. The number of carboxylic acid groups (broad SMARTS) is 1. The number of anilines is 1. The molecule has 0 unspecified atom stereocenters. The molecule has 0 atom stereocenters. The third-order valence-corrected chi connectivity index (χ3v) is 3.28. The van der Waals surface area contributed by atoms with Crippen LogP contribution in [0.1, 0.15) is 15.9 Å². The Morgan fingerprint density at radius 3 is 2.48 bits per heavy atom. The number of benzene rings is 2. The Hall–Kier alpha value is -2.73. The van der Waals surface area contributed by atoms with Crippen molar-refractivity contribution in [2.75, 3.05) is 19.6 Å². The summed E-state index contributed by atoms with van der Waals surface area (Å²) in [5.74, 6) is -0.00387. The zero-order chi connectivity index (χ0) is 16.8. The lowest BCUT2D eigenvalue weighted by Crippen LogP contribution is -1.97. The first kappa shape index (κ1) is 16.6. The van der Waals surface area contributed by atoms with Crippen molar-refractivity contribution in [3.63, 3.8) is 0 Å². The SMILES string of the molecule is COc1cc(/C=N/Nc2ccc(C(=O)O)cc2)cc(Cl)c1OC. The summed E-state index contributed by atoms with van der Waals surface area (Å²) in [7, 11) is 3.04. The molecule has 0 spiro atoms. The molecule has 2 N–H and O–H groups in total. The van der Waals surface area contributed by atoms with Gasteiger partial charge in [0, 0.05) is 0 Å². The summed E-state index contributed by atoms with van der Waals surface area (Å²) >= 11 is 6.11. The van der Waals surface area contributed by atoms with Crippen molar-refractivity contribution in [1.82, 2.24) is 0 Å². The quantitative estimate of drug-likeness (QED) is 0.624. The van der Waals surface area contributed by atoms with Crippen molar-refractivity contribution in [3.8, 4) is 11.5 Å². The summed E-state index contributed by atoms with van der Waals surface area (Å²) < 4.78 is 10.4. The maximum absolute atomic E-state index is 10.8. The molecule has 0 heterocycles. The molecule has 0 fully saturated rings. The van der Waals surface area contributed by atoms with E-state index in [9.17, 15) is 4.79 Å². The molecule has 23 heavy (non-hydrogen) atoms. The Balaban J connectivity index is 2.11. The molecule has 0 amide bonds. The highest BCUT2D eigenvalue weighted by atomic mass is 35.5. The van der Waals surface area contributed by atoms with E-state index in [2.05, 4.69) is 10.5 Å². The second-order valence-corrected chi connectivity index (χ2v) is 4.90. The van der Waals surface area contributed by atoms with Crippen molar-refractivity contribution >= 4 is 29.5 Å². The number of rotatable bonds is 6. The molecule has 0 aliphatic heterocycles. The molecule has 0 saturated carbocycles. The van der Waals surface area contributed by atoms with Gasteiger partial charge in [-0.2, -0.15) is 5.10 Å². The molecule has 0 aliphatic rings. The normalized spacial score (nSPS) is 10.6. The lowest BCUT2D eigenvalue weighted by Gasteiger charge is -2.10. The van der Waals surface area contributed by atoms with Crippen molar-refractivity contribution < 1.29 is 19.4 Å². The zero-order valence-corrected chi connectivity index (χ0v) is 13.3. The fourth-order valence-corrected chi connectivity index (χ4v) is 2.18. The number of aromatic carboxylic acids is 1. The number of ether oxygens (including phenoxy) is 2. The van der Waals surface area contributed by atoms with E-state index in [1.54, 1.807) is 30.5 Å². The molecule has 6 nitrogen and oxygen atoms in total. The van der Waals surface area contributed by atoms with Crippen molar-refractivity contribution in [2.24, 2.45) is 5.10 Å². The highest BCUT2D eigenvalue weighted by Crippen LogP contribution is 2.35. The molecule has 2 aromatic rings. The van der Waals surface area contributed by atoms with Gasteiger partial charge in [0.1, 0.15) is 0 Å². The number of hydrazone groups is 1. The molecule has 2 aromatic carbocycles. The van der Waals surface area contributed by atoms with Gasteiger partial charge in [-0.25, -0.2) is 4.79 Å². The first-order chi connectivity index (χ1) is 11.0. The largest absolute Gasteiger partial charge is 0.493 e. The highest BCUT2D eigenvalue weighted by Gasteiger charge is 2.09. The second kappa shape index (κ2) is 7.51. The van der Waals surface area contributed by atoms with Crippen LogP contribution >= 0.6 is 11.6 Å². The average Bonchev–Trinajstić information content (AvgIpc) is 2.54. The van der Waals surface area contributed by atoms with Crippen LogP contribution in [0.4, 0.5) is 5.69 Å². The van der Waals surface area contributed by atoms with Gasteiger partial charge in [0.05, 0.1) is 36.7 Å². The van der Waals surface area contributed by atoms with Crippen LogP contribution in [0, 0.1) is 0 Å². The summed E-state index contributed by atoms with van der Waals surface area (Å²) in [4.78, 5) is 10.8. The minimum atomic E-state index is -0.972. The minimum Gasteiger partial charge on any atom is -0.493 e. The number of nitrogens with zero attached hydrogens (tertiary/aromatic N) is 1. The summed E-state index contributed by atoms with van der Waals surface area (Å²) in [6.45, 7) is 0. The van der Waals surface area contributed by atoms with E-state index < -0.39 is 5.97 Å². The Morgan fingerprint density at radius 1 is 1.22 bits per heavy atom. The summed E-state index contributed by atoms with van der Waals surface area (Å²) in [5.41, 5.74) is 4.41. The van der Waals surface area contributed by atoms with Crippen LogP contribution in [0.3, 0.4) is 0 Å². The standard InChI is InChI=1S/C16H15ClN2O4/c1-22-14-8-10(7-13(17)15(14)23-2)9-18-19-12-5-3-11(4-6-12)16(20)21/h3-9,19H,1-2H3,(H,20,21)/b18-9+. The van der Waals surface area contributed by atoms with E-state index >= 15 is 0 Å². The number of hydrogen-bond donors (Lipinski definition) is 2. The number of carbonyl (C=O) groups is 1. The van der Waals surface area contributed by atoms with Crippen LogP contribution in [-0.4, -0.2) is 31.5 Å². The molecule has 0 aromatic heterocycles. The minimum absolute atomic E-state index is 0.214. The first-order valence-corrected chi connectivity index (χ1v) is 6.97. The van der Waals surface area contributed by atoms with E-state index in [1.165, 1.54) is 26.4 Å². The molecule has 0 saturated heterocycles. The van der Waals surface area contributed by atoms with Crippen LogP contribution in [0.2, 0.25) is 5.02 Å². The van der Waals surface area contributed by atoms with Gasteiger partial charge in [-0.3, -0.25) is 5.43 Å². The van der Waals surface area contributed by atoms with Crippen LogP contribution in [-0.2, 0) is 0 Å². The van der Waals surface area contributed by atoms with Gasteiger partial charge in [0.2, 0.25) is 0 Å². The molecule has 120 valence electrons. The Bertz CT molecular complexity index is 730. The molecule has 2 rings (SSSR count). The lowest BCUT2D eigenvalue weighted by molar-refractivity contribution is 0.0697. The average molecular weight is 335 g/mol. The van der Waals surface area contributed by atoms with Crippen molar-refractivity contribution in [2.45, 2.75) is 0 Å². The Morgan fingerprint density at radius 2 is 1.91 bits per heavy atom. The van der Waals surface area contributed by atoms with Gasteiger partial charge >= 0.3 is 5.97 Å². The summed E-state index contributed by atoms with van der Waals surface area (Å²) in [6.07, 6.45) is 1.57. The first-order valence-electron chi connectivity index (χ1n) is 6.59. The number of carboxylic acids is 1. The molecule has 7 heteroatoms.